The summed E-state index contributed by atoms with van der Waals surface area (Å²) < 4.78 is 6.00. The Balaban J connectivity index is 0.000000652. The fourth-order valence-corrected chi connectivity index (χ4v) is 7.31. The molecule has 0 aromatic heterocycles. The normalized spacial score (nSPS) is 56.9. The van der Waals surface area contributed by atoms with Gasteiger partial charge in [0.1, 0.15) is 0 Å². The van der Waals surface area contributed by atoms with Gasteiger partial charge in [-0.25, -0.2) is 0 Å². The molecule has 1 N–H and O–H groups in total. The van der Waals surface area contributed by atoms with Crippen molar-refractivity contribution in [2.75, 3.05) is 6.61 Å². The van der Waals surface area contributed by atoms with Gasteiger partial charge in [-0.1, -0.05) is 20.8 Å². The summed E-state index contributed by atoms with van der Waals surface area (Å²) in [5.41, 5.74) is 0.803. The molecule has 5 rings (SSSR count). The minimum Gasteiger partial charge on any atom is -0.393 e. The summed E-state index contributed by atoms with van der Waals surface area (Å²) in [5, 5.41) is 10.00. The molecule has 4 saturated carbocycles. The number of ether oxygens (including phenoxy) is 1. The van der Waals surface area contributed by atoms with Crippen molar-refractivity contribution in [3.8, 4) is 0 Å². The van der Waals surface area contributed by atoms with E-state index >= 15 is 0 Å². The monoisotopic (exact) mass is 320 g/mol. The van der Waals surface area contributed by atoms with Crippen LogP contribution < -0.4 is 0 Å². The molecule has 0 amide bonds. The van der Waals surface area contributed by atoms with Crippen molar-refractivity contribution in [3.63, 3.8) is 0 Å². The molecule has 5 fully saturated rings. The fraction of sp³-hybridized carbons (Fsp3) is 1.00. The third-order valence-corrected chi connectivity index (χ3v) is 8.66. The lowest BCUT2D eigenvalue weighted by Crippen LogP contribution is -2.49. The van der Waals surface area contributed by atoms with Crippen molar-refractivity contribution in [3.05, 3.63) is 0 Å². The number of aliphatic hydroxyl groups excluding tert-OH is 1. The Morgan fingerprint density at radius 1 is 0.870 bits per heavy atom. The number of epoxide rings is 1. The summed E-state index contributed by atoms with van der Waals surface area (Å²) in [6, 6.07) is 0. The van der Waals surface area contributed by atoms with Gasteiger partial charge in [-0.2, -0.15) is 0 Å². The Bertz CT molecular complexity index is 443. The topological polar surface area (TPSA) is 32.8 Å². The van der Waals surface area contributed by atoms with Gasteiger partial charge in [-0.3, -0.25) is 0 Å². The molecule has 0 bridgehead atoms. The van der Waals surface area contributed by atoms with Crippen LogP contribution in [0.15, 0.2) is 0 Å². The number of hydrogen-bond donors (Lipinski definition) is 1. The van der Waals surface area contributed by atoms with Gasteiger partial charge in [0, 0.05) is 5.41 Å². The standard InChI is InChI=1S/C19H30O2.C2H6/c1-18-6-4-13-8-14-9-15(20)3-2-12(14)10-16(13)17(18)5-7-19(18)11-21-19;1-2/h12-17,20H,2-11H2,1H3;1-2H3/t12-,13+,14+,15-,16+,17-,18-,19+;/m1./s1. The summed E-state index contributed by atoms with van der Waals surface area (Å²) >= 11 is 0. The molecule has 0 aromatic rings. The van der Waals surface area contributed by atoms with Crippen molar-refractivity contribution in [2.24, 2.45) is 35.0 Å². The van der Waals surface area contributed by atoms with Gasteiger partial charge in [-0.15, -0.1) is 0 Å². The van der Waals surface area contributed by atoms with E-state index in [-0.39, 0.29) is 6.10 Å². The van der Waals surface area contributed by atoms with Crippen LogP contribution in [0.1, 0.15) is 78.6 Å². The first-order valence-corrected chi connectivity index (χ1v) is 10.4. The second kappa shape index (κ2) is 5.73. The zero-order chi connectivity index (χ0) is 16.2. The van der Waals surface area contributed by atoms with Crippen LogP contribution in [0.25, 0.3) is 0 Å². The molecule has 1 aliphatic heterocycles. The zero-order valence-electron chi connectivity index (χ0n) is 15.4. The van der Waals surface area contributed by atoms with E-state index in [9.17, 15) is 5.11 Å². The molecular weight excluding hydrogens is 284 g/mol. The van der Waals surface area contributed by atoms with Gasteiger partial charge in [0.25, 0.3) is 0 Å². The van der Waals surface area contributed by atoms with Gasteiger partial charge in [0.15, 0.2) is 0 Å². The largest absolute Gasteiger partial charge is 0.393 e. The van der Waals surface area contributed by atoms with E-state index < -0.39 is 0 Å². The molecule has 1 heterocycles. The van der Waals surface area contributed by atoms with E-state index in [2.05, 4.69) is 6.92 Å². The lowest BCUT2D eigenvalue weighted by atomic mass is 9.51. The predicted molar refractivity (Wildman–Crippen MR) is 93.1 cm³/mol. The first kappa shape index (κ1) is 16.4. The SMILES string of the molecule is CC.C[C@@]12CC[C@H]3C[C@H]4C[C@H](O)CC[C@@H]4C[C@@H]3[C@H]1CC[C@]21CO1. The van der Waals surface area contributed by atoms with Crippen molar-refractivity contribution in [1.29, 1.82) is 0 Å². The summed E-state index contributed by atoms with van der Waals surface area (Å²) in [6.45, 7) is 7.61. The molecular formula is C21H36O2. The maximum Gasteiger partial charge on any atom is 0.0972 e. The van der Waals surface area contributed by atoms with E-state index in [4.69, 9.17) is 4.74 Å². The van der Waals surface area contributed by atoms with Gasteiger partial charge in [0.2, 0.25) is 0 Å². The van der Waals surface area contributed by atoms with Crippen LogP contribution in [0, 0.1) is 35.0 Å². The maximum atomic E-state index is 10.00. The number of aliphatic hydroxyl groups is 1. The molecule has 5 aliphatic rings. The van der Waals surface area contributed by atoms with E-state index in [0.717, 1.165) is 49.0 Å². The minimum atomic E-state index is 0.00581. The predicted octanol–water partition coefficient (Wildman–Crippen LogP) is 4.80. The molecule has 0 unspecified atom stereocenters. The van der Waals surface area contributed by atoms with Crippen molar-refractivity contribution in [2.45, 2.75) is 90.3 Å². The molecule has 1 saturated heterocycles. The van der Waals surface area contributed by atoms with Crippen molar-refractivity contribution in [1.82, 2.24) is 0 Å². The van der Waals surface area contributed by atoms with Crippen LogP contribution in [0.4, 0.5) is 0 Å². The highest BCUT2D eigenvalue weighted by Gasteiger charge is 2.68. The molecule has 4 aliphatic carbocycles. The lowest BCUT2D eigenvalue weighted by Gasteiger charge is -2.54. The van der Waals surface area contributed by atoms with Crippen LogP contribution in [-0.2, 0) is 4.74 Å². The molecule has 2 heteroatoms. The highest BCUT2D eigenvalue weighted by molar-refractivity contribution is 5.17. The zero-order valence-corrected chi connectivity index (χ0v) is 15.4. The Morgan fingerprint density at radius 3 is 2.39 bits per heavy atom. The number of fused-ring (bicyclic) bond motifs is 5. The molecule has 1 spiro atoms. The van der Waals surface area contributed by atoms with E-state index in [1.165, 1.54) is 44.9 Å². The Morgan fingerprint density at radius 2 is 1.65 bits per heavy atom. The van der Waals surface area contributed by atoms with Crippen LogP contribution in [0.3, 0.4) is 0 Å². The molecule has 0 radical (unpaired) electrons. The number of hydrogen-bond acceptors (Lipinski definition) is 2. The van der Waals surface area contributed by atoms with Crippen LogP contribution >= 0.6 is 0 Å². The van der Waals surface area contributed by atoms with Gasteiger partial charge >= 0.3 is 0 Å². The second-order valence-electron chi connectivity index (χ2n) is 9.27. The summed E-state index contributed by atoms with van der Waals surface area (Å²) in [5.74, 6) is 4.64. The minimum absolute atomic E-state index is 0.00581. The van der Waals surface area contributed by atoms with Gasteiger partial charge in [-0.05, 0) is 87.4 Å². The van der Waals surface area contributed by atoms with Crippen LogP contribution in [0.5, 0.6) is 0 Å². The van der Waals surface area contributed by atoms with Gasteiger partial charge in [0.05, 0.1) is 18.3 Å². The quantitative estimate of drug-likeness (QED) is 0.651. The highest BCUT2D eigenvalue weighted by Crippen LogP contribution is 2.68. The Hall–Kier alpha value is -0.0800. The third kappa shape index (κ3) is 2.34. The first-order chi connectivity index (χ1) is 11.1. The van der Waals surface area contributed by atoms with Crippen LogP contribution in [0.2, 0.25) is 0 Å². The first-order valence-electron chi connectivity index (χ1n) is 10.4. The van der Waals surface area contributed by atoms with E-state index in [1.807, 2.05) is 13.8 Å². The third-order valence-electron chi connectivity index (χ3n) is 8.66. The molecule has 2 nitrogen and oxygen atoms in total. The van der Waals surface area contributed by atoms with Crippen molar-refractivity contribution < 1.29 is 9.84 Å². The summed E-state index contributed by atoms with van der Waals surface area (Å²) in [7, 11) is 0. The second-order valence-corrected chi connectivity index (χ2v) is 9.27. The fourth-order valence-electron chi connectivity index (χ4n) is 7.31. The summed E-state index contributed by atoms with van der Waals surface area (Å²) in [4.78, 5) is 0. The average molecular weight is 321 g/mol. The summed E-state index contributed by atoms with van der Waals surface area (Å²) in [6.07, 6.45) is 12.0. The Labute approximate surface area is 142 Å². The smallest absolute Gasteiger partial charge is 0.0972 e. The number of rotatable bonds is 0. The highest BCUT2D eigenvalue weighted by atomic mass is 16.6. The molecule has 8 atom stereocenters. The molecule has 132 valence electrons. The Kier molecular flexibility index (Phi) is 4.08. The van der Waals surface area contributed by atoms with Crippen LogP contribution in [-0.4, -0.2) is 23.4 Å². The van der Waals surface area contributed by atoms with E-state index in [1.54, 1.807) is 0 Å². The lowest BCUT2D eigenvalue weighted by molar-refractivity contribution is -0.0661. The van der Waals surface area contributed by atoms with Crippen molar-refractivity contribution >= 4 is 0 Å². The van der Waals surface area contributed by atoms with Gasteiger partial charge < -0.3 is 9.84 Å². The van der Waals surface area contributed by atoms with E-state index in [0.29, 0.717) is 11.0 Å². The average Bonchev–Trinajstić information content (AvgIpc) is 3.29. The molecule has 23 heavy (non-hydrogen) atoms. The maximum absolute atomic E-state index is 10.00. The molecule has 0 aromatic carbocycles.